The number of aryl methyl sites for hydroxylation is 1. The van der Waals surface area contributed by atoms with Crippen LogP contribution in [0.15, 0.2) is 32.7 Å². The lowest BCUT2D eigenvalue weighted by Crippen LogP contribution is -1.86. The molecule has 78 valence electrons. The fourth-order valence-electron chi connectivity index (χ4n) is 1.06. The first-order valence-corrected chi connectivity index (χ1v) is 6.67. The van der Waals surface area contributed by atoms with Crippen LogP contribution in [0.5, 0.6) is 10.9 Å². The molecule has 0 aliphatic heterocycles. The molecule has 0 N–H and O–H groups in total. The Balaban J connectivity index is 2.27. The summed E-state index contributed by atoms with van der Waals surface area (Å²) in [7, 11) is 0. The zero-order valence-electron chi connectivity index (χ0n) is 7.83. The standard InChI is InChI=1S/C10H7Br2NOS/c1-6-2-3-7(11)4-8(6)14-10-13-9(12)5-15-10/h2-5H,1H3. The summed E-state index contributed by atoms with van der Waals surface area (Å²) in [6.45, 7) is 2.00. The van der Waals surface area contributed by atoms with Gasteiger partial charge in [-0.25, -0.2) is 0 Å². The van der Waals surface area contributed by atoms with Crippen LogP contribution in [0.1, 0.15) is 5.56 Å². The SMILES string of the molecule is Cc1ccc(Br)cc1Oc1nc(Br)cs1. The van der Waals surface area contributed by atoms with Gasteiger partial charge in [0.1, 0.15) is 10.4 Å². The Morgan fingerprint density at radius 1 is 1.33 bits per heavy atom. The number of hydrogen-bond acceptors (Lipinski definition) is 3. The summed E-state index contributed by atoms with van der Waals surface area (Å²) in [6, 6.07) is 5.92. The topological polar surface area (TPSA) is 22.1 Å². The Morgan fingerprint density at radius 2 is 2.13 bits per heavy atom. The zero-order chi connectivity index (χ0) is 10.8. The van der Waals surface area contributed by atoms with E-state index in [-0.39, 0.29) is 0 Å². The van der Waals surface area contributed by atoms with Crippen LogP contribution in [0, 0.1) is 6.92 Å². The van der Waals surface area contributed by atoms with Gasteiger partial charge in [0.05, 0.1) is 0 Å². The van der Waals surface area contributed by atoms with Crippen molar-refractivity contribution in [2.75, 3.05) is 0 Å². The van der Waals surface area contributed by atoms with Crippen molar-refractivity contribution in [3.05, 3.63) is 38.2 Å². The van der Waals surface area contributed by atoms with Crippen molar-refractivity contribution >= 4 is 43.2 Å². The molecule has 2 nitrogen and oxygen atoms in total. The first kappa shape index (κ1) is 11.1. The fourth-order valence-corrected chi connectivity index (χ4v) is 2.50. The Kier molecular flexibility index (Phi) is 3.43. The second-order valence-electron chi connectivity index (χ2n) is 2.95. The van der Waals surface area contributed by atoms with E-state index in [1.54, 1.807) is 0 Å². The predicted octanol–water partition coefficient (Wildman–Crippen LogP) is 4.77. The molecule has 15 heavy (non-hydrogen) atoms. The van der Waals surface area contributed by atoms with E-state index < -0.39 is 0 Å². The monoisotopic (exact) mass is 347 g/mol. The summed E-state index contributed by atoms with van der Waals surface area (Å²) in [5.74, 6) is 0.825. The van der Waals surface area contributed by atoms with Crippen molar-refractivity contribution in [3.63, 3.8) is 0 Å². The molecule has 0 radical (unpaired) electrons. The van der Waals surface area contributed by atoms with Crippen molar-refractivity contribution in [2.45, 2.75) is 6.92 Å². The highest BCUT2D eigenvalue weighted by Gasteiger charge is 2.05. The van der Waals surface area contributed by atoms with Gasteiger partial charge in [-0.3, -0.25) is 0 Å². The van der Waals surface area contributed by atoms with Crippen molar-refractivity contribution < 1.29 is 4.74 Å². The molecule has 0 saturated carbocycles. The van der Waals surface area contributed by atoms with E-state index in [1.807, 2.05) is 30.5 Å². The second kappa shape index (κ2) is 4.63. The summed E-state index contributed by atoms with van der Waals surface area (Å²) in [5, 5.41) is 2.53. The highest BCUT2D eigenvalue weighted by molar-refractivity contribution is 9.10. The maximum Gasteiger partial charge on any atom is 0.279 e. The lowest BCUT2D eigenvalue weighted by atomic mass is 10.2. The third-order valence-corrected chi connectivity index (χ3v) is 3.72. The summed E-state index contributed by atoms with van der Waals surface area (Å²) in [5.41, 5.74) is 1.09. The van der Waals surface area contributed by atoms with Gasteiger partial charge < -0.3 is 4.74 Å². The summed E-state index contributed by atoms with van der Waals surface area (Å²) < 4.78 is 7.46. The fraction of sp³-hybridized carbons (Fsp3) is 0.100. The molecule has 2 aromatic rings. The van der Waals surface area contributed by atoms with E-state index >= 15 is 0 Å². The minimum absolute atomic E-state index is 0.642. The maximum absolute atomic E-state index is 5.66. The molecule has 1 heterocycles. The minimum atomic E-state index is 0.642. The van der Waals surface area contributed by atoms with Crippen LogP contribution in [-0.4, -0.2) is 4.98 Å². The quantitative estimate of drug-likeness (QED) is 0.779. The van der Waals surface area contributed by atoms with Crippen LogP contribution in [0.25, 0.3) is 0 Å². The molecular formula is C10H7Br2NOS. The second-order valence-corrected chi connectivity index (χ2v) is 5.50. The van der Waals surface area contributed by atoms with Gasteiger partial charge in [-0.05, 0) is 40.5 Å². The Morgan fingerprint density at radius 3 is 2.80 bits per heavy atom. The maximum atomic E-state index is 5.66. The molecule has 0 atom stereocenters. The molecule has 0 aliphatic rings. The van der Waals surface area contributed by atoms with Crippen molar-refractivity contribution in [3.8, 4) is 10.9 Å². The van der Waals surface area contributed by atoms with Gasteiger partial charge in [-0.1, -0.05) is 33.3 Å². The minimum Gasteiger partial charge on any atom is -0.431 e. The number of hydrogen-bond donors (Lipinski definition) is 0. The van der Waals surface area contributed by atoms with Crippen LogP contribution < -0.4 is 4.74 Å². The van der Waals surface area contributed by atoms with Crippen LogP contribution in [-0.2, 0) is 0 Å². The van der Waals surface area contributed by atoms with Gasteiger partial charge in [0.2, 0.25) is 0 Å². The molecule has 0 amide bonds. The van der Waals surface area contributed by atoms with E-state index in [9.17, 15) is 0 Å². The molecule has 0 saturated heterocycles. The summed E-state index contributed by atoms with van der Waals surface area (Å²) in [4.78, 5) is 4.17. The molecule has 0 fully saturated rings. The molecule has 1 aromatic carbocycles. The lowest BCUT2D eigenvalue weighted by molar-refractivity contribution is 0.474. The van der Waals surface area contributed by atoms with Gasteiger partial charge in [0, 0.05) is 9.85 Å². The van der Waals surface area contributed by atoms with Crippen molar-refractivity contribution in [1.29, 1.82) is 0 Å². The lowest BCUT2D eigenvalue weighted by Gasteiger charge is -2.05. The number of aromatic nitrogens is 1. The molecule has 0 aliphatic carbocycles. The number of thiazole rings is 1. The summed E-state index contributed by atoms with van der Waals surface area (Å²) >= 11 is 8.16. The van der Waals surface area contributed by atoms with Gasteiger partial charge in [-0.15, -0.1) is 0 Å². The number of benzene rings is 1. The van der Waals surface area contributed by atoms with Gasteiger partial charge >= 0.3 is 0 Å². The first-order chi connectivity index (χ1) is 7.15. The number of halogens is 2. The van der Waals surface area contributed by atoms with Crippen LogP contribution >= 0.6 is 43.2 Å². The predicted molar refractivity (Wildman–Crippen MR) is 68.8 cm³/mol. The largest absolute Gasteiger partial charge is 0.431 e. The van der Waals surface area contributed by atoms with Gasteiger partial charge in [-0.2, -0.15) is 4.98 Å². The smallest absolute Gasteiger partial charge is 0.279 e. The van der Waals surface area contributed by atoms with E-state index in [1.165, 1.54) is 11.3 Å². The van der Waals surface area contributed by atoms with Crippen molar-refractivity contribution in [1.82, 2.24) is 4.98 Å². The normalized spacial score (nSPS) is 10.3. The van der Waals surface area contributed by atoms with Gasteiger partial charge in [0.25, 0.3) is 5.19 Å². The number of ether oxygens (including phenoxy) is 1. The molecule has 0 bridgehead atoms. The third kappa shape index (κ3) is 2.80. The number of rotatable bonds is 2. The molecule has 2 rings (SSSR count). The molecule has 0 unspecified atom stereocenters. The van der Waals surface area contributed by atoms with Crippen molar-refractivity contribution in [2.24, 2.45) is 0 Å². The highest BCUT2D eigenvalue weighted by atomic mass is 79.9. The summed E-state index contributed by atoms with van der Waals surface area (Å²) in [6.07, 6.45) is 0. The molecule has 5 heteroatoms. The Labute approximate surface area is 109 Å². The molecule has 1 aromatic heterocycles. The van der Waals surface area contributed by atoms with E-state index in [0.717, 1.165) is 20.4 Å². The van der Waals surface area contributed by atoms with E-state index in [2.05, 4.69) is 36.8 Å². The third-order valence-electron chi connectivity index (χ3n) is 1.80. The average molecular weight is 349 g/mol. The number of nitrogens with zero attached hydrogens (tertiary/aromatic N) is 1. The van der Waals surface area contributed by atoms with Crippen LogP contribution in [0.2, 0.25) is 0 Å². The van der Waals surface area contributed by atoms with Crippen LogP contribution in [0.3, 0.4) is 0 Å². The van der Waals surface area contributed by atoms with E-state index in [0.29, 0.717) is 5.19 Å². The highest BCUT2D eigenvalue weighted by Crippen LogP contribution is 2.31. The molecular weight excluding hydrogens is 342 g/mol. The first-order valence-electron chi connectivity index (χ1n) is 4.20. The van der Waals surface area contributed by atoms with E-state index in [4.69, 9.17) is 4.74 Å². The average Bonchev–Trinajstić information content (AvgIpc) is 2.58. The Hall–Kier alpha value is -0.390. The van der Waals surface area contributed by atoms with Gasteiger partial charge in [0.15, 0.2) is 0 Å². The Bertz CT molecular complexity index is 484. The zero-order valence-corrected chi connectivity index (χ0v) is 11.8. The van der Waals surface area contributed by atoms with Crippen LogP contribution in [0.4, 0.5) is 0 Å². The molecule has 0 spiro atoms.